The molecular weight excluding hydrogens is 208 g/mol. The van der Waals surface area contributed by atoms with E-state index in [-0.39, 0.29) is 0 Å². The molecule has 0 fully saturated rings. The number of fused-ring (bicyclic) bond motifs is 1. The first-order valence-corrected chi connectivity index (χ1v) is 6.40. The molecule has 0 unspecified atom stereocenters. The Bertz CT molecular complexity index is 523. The SMILES string of the molecule is CCNCCc1c(C)n(C)c2ccc(C)cc12. The first-order valence-electron chi connectivity index (χ1n) is 6.40. The van der Waals surface area contributed by atoms with Crippen molar-refractivity contribution in [3.05, 3.63) is 35.0 Å². The van der Waals surface area contributed by atoms with Gasteiger partial charge in [0.2, 0.25) is 0 Å². The van der Waals surface area contributed by atoms with Crippen molar-refractivity contribution in [3.63, 3.8) is 0 Å². The summed E-state index contributed by atoms with van der Waals surface area (Å²) in [5, 5.41) is 4.82. The molecule has 2 nitrogen and oxygen atoms in total. The van der Waals surface area contributed by atoms with Gasteiger partial charge >= 0.3 is 0 Å². The summed E-state index contributed by atoms with van der Waals surface area (Å²) in [6.07, 6.45) is 1.11. The predicted molar refractivity (Wildman–Crippen MR) is 74.6 cm³/mol. The van der Waals surface area contributed by atoms with E-state index in [1.807, 2.05) is 0 Å². The fourth-order valence-electron chi connectivity index (χ4n) is 2.47. The molecule has 92 valence electrons. The summed E-state index contributed by atoms with van der Waals surface area (Å²) >= 11 is 0. The highest BCUT2D eigenvalue weighted by molar-refractivity contribution is 5.86. The quantitative estimate of drug-likeness (QED) is 0.799. The maximum atomic E-state index is 3.40. The second-order valence-corrected chi connectivity index (χ2v) is 4.75. The molecule has 0 atom stereocenters. The van der Waals surface area contributed by atoms with Crippen LogP contribution in [-0.2, 0) is 13.5 Å². The summed E-state index contributed by atoms with van der Waals surface area (Å²) in [7, 11) is 2.16. The van der Waals surface area contributed by atoms with Crippen LogP contribution >= 0.6 is 0 Å². The number of hydrogen-bond donors (Lipinski definition) is 1. The molecule has 2 rings (SSSR count). The lowest BCUT2D eigenvalue weighted by Crippen LogP contribution is -2.16. The monoisotopic (exact) mass is 230 g/mol. The van der Waals surface area contributed by atoms with E-state index in [0.29, 0.717) is 0 Å². The number of aryl methyl sites for hydroxylation is 2. The van der Waals surface area contributed by atoms with Gasteiger partial charge in [0, 0.05) is 23.6 Å². The van der Waals surface area contributed by atoms with Gasteiger partial charge in [0.25, 0.3) is 0 Å². The average Bonchev–Trinajstić information content (AvgIpc) is 2.54. The molecule has 1 heterocycles. The van der Waals surface area contributed by atoms with E-state index in [1.165, 1.54) is 27.7 Å². The number of benzene rings is 1. The van der Waals surface area contributed by atoms with Crippen molar-refractivity contribution in [2.75, 3.05) is 13.1 Å². The Hall–Kier alpha value is -1.28. The van der Waals surface area contributed by atoms with Gasteiger partial charge in [-0.05, 0) is 51.1 Å². The molecule has 0 aliphatic rings. The highest BCUT2D eigenvalue weighted by atomic mass is 14.9. The molecule has 0 saturated heterocycles. The maximum Gasteiger partial charge on any atom is 0.0482 e. The van der Waals surface area contributed by atoms with Crippen molar-refractivity contribution in [2.24, 2.45) is 7.05 Å². The Labute approximate surface area is 104 Å². The Morgan fingerprint density at radius 2 is 2.00 bits per heavy atom. The van der Waals surface area contributed by atoms with E-state index in [1.54, 1.807) is 0 Å². The van der Waals surface area contributed by atoms with Crippen LogP contribution in [0.3, 0.4) is 0 Å². The lowest BCUT2D eigenvalue weighted by Gasteiger charge is -2.03. The van der Waals surface area contributed by atoms with Gasteiger partial charge in [-0.2, -0.15) is 0 Å². The van der Waals surface area contributed by atoms with Crippen molar-refractivity contribution in [2.45, 2.75) is 27.2 Å². The molecule has 2 heteroatoms. The zero-order valence-electron chi connectivity index (χ0n) is 11.3. The number of nitrogens with zero attached hydrogens (tertiary/aromatic N) is 1. The van der Waals surface area contributed by atoms with Gasteiger partial charge in [-0.1, -0.05) is 18.6 Å². The number of nitrogens with one attached hydrogen (secondary N) is 1. The molecule has 17 heavy (non-hydrogen) atoms. The summed E-state index contributed by atoms with van der Waals surface area (Å²) in [5.74, 6) is 0. The van der Waals surface area contributed by atoms with E-state index < -0.39 is 0 Å². The third kappa shape index (κ3) is 2.22. The molecule has 0 radical (unpaired) electrons. The van der Waals surface area contributed by atoms with Crippen molar-refractivity contribution < 1.29 is 0 Å². The smallest absolute Gasteiger partial charge is 0.0482 e. The standard InChI is InChI=1S/C15H22N2/c1-5-16-9-8-13-12(3)17(4)15-7-6-11(2)10-14(13)15/h6-7,10,16H,5,8-9H2,1-4H3. The fourth-order valence-corrected chi connectivity index (χ4v) is 2.47. The summed E-state index contributed by atoms with van der Waals surface area (Å²) in [6.45, 7) is 8.64. The second kappa shape index (κ2) is 4.92. The molecule has 0 bridgehead atoms. The average molecular weight is 230 g/mol. The first-order chi connectivity index (χ1) is 8.15. The van der Waals surface area contributed by atoms with Crippen molar-refractivity contribution in [1.82, 2.24) is 9.88 Å². The minimum absolute atomic E-state index is 1.04. The zero-order chi connectivity index (χ0) is 12.4. The van der Waals surface area contributed by atoms with Crippen LogP contribution in [0.15, 0.2) is 18.2 Å². The summed E-state index contributed by atoms with van der Waals surface area (Å²) in [5.41, 5.74) is 5.57. The third-order valence-electron chi connectivity index (χ3n) is 3.58. The van der Waals surface area contributed by atoms with E-state index in [0.717, 1.165) is 19.5 Å². The number of aromatic nitrogens is 1. The van der Waals surface area contributed by atoms with Crippen molar-refractivity contribution in [3.8, 4) is 0 Å². The van der Waals surface area contributed by atoms with Crippen LogP contribution in [0, 0.1) is 13.8 Å². The number of rotatable bonds is 4. The van der Waals surface area contributed by atoms with Crippen LogP contribution in [0.1, 0.15) is 23.7 Å². The van der Waals surface area contributed by atoms with Gasteiger partial charge < -0.3 is 9.88 Å². The highest BCUT2D eigenvalue weighted by Crippen LogP contribution is 2.26. The Kier molecular flexibility index (Phi) is 3.53. The van der Waals surface area contributed by atoms with Crippen LogP contribution in [0.25, 0.3) is 10.9 Å². The molecule has 0 aliphatic carbocycles. The van der Waals surface area contributed by atoms with Crippen molar-refractivity contribution >= 4 is 10.9 Å². The minimum Gasteiger partial charge on any atom is -0.348 e. The molecule has 1 aromatic heterocycles. The molecular formula is C15H22N2. The summed E-state index contributed by atoms with van der Waals surface area (Å²) in [6, 6.07) is 6.73. The number of likely N-dealkylation sites (N-methyl/N-ethyl adjacent to an activating group) is 1. The fraction of sp³-hybridized carbons (Fsp3) is 0.467. The Morgan fingerprint density at radius 1 is 1.24 bits per heavy atom. The van der Waals surface area contributed by atoms with E-state index in [9.17, 15) is 0 Å². The zero-order valence-corrected chi connectivity index (χ0v) is 11.3. The summed E-state index contributed by atoms with van der Waals surface area (Å²) < 4.78 is 2.30. The van der Waals surface area contributed by atoms with Crippen LogP contribution in [0.5, 0.6) is 0 Å². The summed E-state index contributed by atoms with van der Waals surface area (Å²) in [4.78, 5) is 0. The second-order valence-electron chi connectivity index (χ2n) is 4.75. The Balaban J connectivity index is 2.45. The molecule has 1 N–H and O–H groups in total. The Morgan fingerprint density at radius 3 is 2.71 bits per heavy atom. The van der Waals surface area contributed by atoms with Gasteiger partial charge in [-0.3, -0.25) is 0 Å². The molecule has 2 aromatic rings. The lowest BCUT2D eigenvalue weighted by atomic mass is 10.1. The topological polar surface area (TPSA) is 17.0 Å². The normalized spacial score (nSPS) is 11.3. The van der Waals surface area contributed by atoms with Crippen molar-refractivity contribution in [1.29, 1.82) is 0 Å². The van der Waals surface area contributed by atoms with Gasteiger partial charge in [0.05, 0.1) is 0 Å². The van der Waals surface area contributed by atoms with E-state index >= 15 is 0 Å². The lowest BCUT2D eigenvalue weighted by molar-refractivity contribution is 0.714. The molecule has 0 spiro atoms. The van der Waals surface area contributed by atoms with Gasteiger partial charge in [0.15, 0.2) is 0 Å². The number of hydrogen-bond acceptors (Lipinski definition) is 1. The first kappa shape index (κ1) is 12.2. The van der Waals surface area contributed by atoms with Gasteiger partial charge in [-0.25, -0.2) is 0 Å². The molecule has 0 aliphatic heterocycles. The predicted octanol–water partition coefficient (Wildman–Crippen LogP) is 2.95. The largest absolute Gasteiger partial charge is 0.348 e. The van der Waals surface area contributed by atoms with Crippen LogP contribution < -0.4 is 5.32 Å². The minimum atomic E-state index is 1.04. The molecule has 0 saturated carbocycles. The maximum absolute atomic E-state index is 3.40. The van der Waals surface area contributed by atoms with Crippen LogP contribution in [-0.4, -0.2) is 17.7 Å². The molecule has 1 aromatic carbocycles. The van der Waals surface area contributed by atoms with Gasteiger partial charge in [-0.15, -0.1) is 0 Å². The van der Waals surface area contributed by atoms with E-state index in [4.69, 9.17) is 0 Å². The van der Waals surface area contributed by atoms with Crippen LogP contribution in [0.2, 0.25) is 0 Å². The molecule has 0 amide bonds. The van der Waals surface area contributed by atoms with E-state index in [2.05, 4.69) is 55.9 Å². The van der Waals surface area contributed by atoms with Crippen LogP contribution in [0.4, 0.5) is 0 Å². The third-order valence-corrected chi connectivity index (χ3v) is 3.58. The van der Waals surface area contributed by atoms with Gasteiger partial charge in [0.1, 0.15) is 0 Å². The highest BCUT2D eigenvalue weighted by Gasteiger charge is 2.11.